The molecule has 0 aliphatic carbocycles. The van der Waals surface area contributed by atoms with Crippen LogP contribution in [-0.2, 0) is 28.6 Å². The van der Waals surface area contributed by atoms with Crippen molar-refractivity contribution in [3.8, 4) is 0 Å². The van der Waals surface area contributed by atoms with Crippen LogP contribution in [0.4, 0.5) is 0 Å². The summed E-state index contributed by atoms with van der Waals surface area (Å²) in [6.45, 7) is 6.51. The molecule has 0 saturated heterocycles. The molecule has 0 aromatic carbocycles. The van der Waals surface area contributed by atoms with Gasteiger partial charge in [0.1, 0.15) is 13.2 Å². The van der Waals surface area contributed by atoms with Crippen molar-refractivity contribution in [2.45, 2.75) is 271 Å². The molecule has 0 aromatic rings. The molecule has 0 aliphatic rings. The van der Waals surface area contributed by atoms with E-state index in [1.165, 1.54) is 116 Å². The molecule has 354 valence electrons. The molecule has 0 N–H and O–H groups in total. The Morgan fingerprint density at radius 3 is 1.02 bits per heavy atom. The molecule has 0 unspecified atom stereocenters. The number of carbonyl (C=O) groups is 3. The summed E-state index contributed by atoms with van der Waals surface area (Å²) in [5.74, 6) is -0.898. The summed E-state index contributed by atoms with van der Waals surface area (Å²) in [4.78, 5) is 38.0. The van der Waals surface area contributed by atoms with E-state index in [0.717, 1.165) is 109 Å². The number of hydrogen-bond donors (Lipinski definition) is 0. The van der Waals surface area contributed by atoms with Crippen LogP contribution in [0.5, 0.6) is 0 Å². The topological polar surface area (TPSA) is 78.9 Å². The minimum atomic E-state index is -0.781. The number of unbranched alkanes of at least 4 members (excludes halogenated alkanes) is 28. The number of esters is 3. The van der Waals surface area contributed by atoms with Crippen molar-refractivity contribution in [1.82, 2.24) is 0 Å². The zero-order chi connectivity index (χ0) is 44.4. The molecule has 61 heavy (non-hydrogen) atoms. The highest BCUT2D eigenvalue weighted by atomic mass is 16.6. The highest BCUT2D eigenvalue weighted by Gasteiger charge is 2.19. The fourth-order valence-corrected chi connectivity index (χ4v) is 7.39. The van der Waals surface area contributed by atoms with Gasteiger partial charge in [0, 0.05) is 19.3 Å². The minimum absolute atomic E-state index is 0.0797. The van der Waals surface area contributed by atoms with E-state index < -0.39 is 6.10 Å². The number of hydrogen-bond acceptors (Lipinski definition) is 6. The van der Waals surface area contributed by atoms with Crippen LogP contribution in [0.3, 0.4) is 0 Å². The molecule has 6 heteroatoms. The standard InChI is InChI=1S/C55H98O6/c1-4-7-10-13-16-19-22-25-27-30-33-36-39-42-45-48-54(57)60-51-52(50-59-53(56)47-44-41-38-35-32-29-24-21-18-15-12-9-6-3)61-55(58)49-46-43-40-37-34-31-28-26-23-20-17-14-11-8-5-2/h7,10,16,19,25-28,52H,4-6,8-9,11-15,17-18,20-24,29-51H2,1-3H3/b10-7-,19-16-,27-25-,28-26-/t52-/m0/s1. The summed E-state index contributed by atoms with van der Waals surface area (Å²) in [6.07, 6.45) is 59.5. The van der Waals surface area contributed by atoms with E-state index in [-0.39, 0.29) is 31.1 Å². The largest absolute Gasteiger partial charge is 0.462 e. The maximum atomic E-state index is 12.8. The van der Waals surface area contributed by atoms with Gasteiger partial charge in [-0.2, -0.15) is 0 Å². The van der Waals surface area contributed by atoms with Gasteiger partial charge in [0.2, 0.25) is 0 Å². The SMILES string of the molecule is CC/C=C\C/C=C\C/C=C\CCCCCCCC(=O)OC[C@H](COC(=O)CCCCCCCCCCCCCCC)OC(=O)CCCCCCC/C=C\CCCCCCCC. The van der Waals surface area contributed by atoms with Crippen LogP contribution in [0.2, 0.25) is 0 Å². The Morgan fingerprint density at radius 2 is 0.639 bits per heavy atom. The average Bonchev–Trinajstić information content (AvgIpc) is 3.26. The summed E-state index contributed by atoms with van der Waals surface area (Å²) >= 11 is 0. The number of ether oxygens (including phenoxy) is 3. The second-order valence-electron chi connectivity index (χ2n) is 17.4. The van der Waals surface area contributed by atoms with Gasteiger partial charge < -0.3 is 14.2 Å². The Morgan fingerprint density at radius 1 is 0.344 bits per heavy atom. The minimum Gasteiger partial charge on any atom is -0.462 e. The van der Waals surface area contributed by atoms with Gasteiger partial charge in [0.15, 0.2) is 6.10 Å². The molecule has 1 atom stereocenters. The van der Waals surface area contributed by atoms with Crippen LogP contribution >= 0.6 is 0 Å². The molecule has 0 bridgehead atoms. The third-order valence-corrected chi connectivity index (χ3v) is 11.3. The predicted molar refractivity (Wildman–Crippen MR) is 261 cm³/mol. The number of carbonyl (C=O) groups excluding carboxylic acids is 3. The van der Waals surface area contributed by atoms with Gasteiger partial charge in [-0.3, -0.25) is 14.4 Å². The Labute approximate surface area is 378 Å². The van der Waals surface area contributed by atoms with Crippen LogP contribution < -0.4 is 0 Å². The molecule has 0 spiro atoms. The van der Waals surface area contributed by atoms with E-state index in [9.17, 15) is 14.4 Å². The van der Waals surface area contributed by atoms with Crippen molar-refractivity contribution < 1.29 is 28.6 Å². The summed E-state index contributed by atoms with van der Waals surface area (Å²) in [6, 6.07) is 0. The molecule has 0 radical (unpaired) electrons. The molecule has 0 aliphatic heterocycles. The molecular formula is C55H98O6. The summed E-state index contributed by atoms with van der Waals surface area (Å²) < 4.78 is 16.8. The number of rotatable bonds is 47. The second-order valence-corrected chi connectivity index (χ2v) is 17.4. The van der Waals surface area contributed by atoms with Gasteiger partial charge >= 0.3 is 17.9 Å². The zero-order valence-corrected chi connectivity index (χ0v) is 40.4. The lowest BCUT2D eigenvalue weighted by atomic mass is 10.0. The zero-order valence-electron chi connectivity index (χ0n) is 40.4. The van der Waals surface area contributed by atoms with Crippen molar-refractivity contribution in [1.29, 1.82) is 0 Å². The van der Waals surface area contributed by atoms with Gasteiger partial charge in [0.05, 0.1) is 0 Å². The van der Waals surface area contributed by atoms with Crippen molar-refractivity contribution >= 4 is 17.9 Å². The van der Waals surface area contributed by atoms with E-state index in [1.54, 1.807) is 0 Å². The quantitative estimate of drug-likeness (QED) is 0.0263. The summed E-state index contributed by atoms with van der Waals surface area (Å²) in [5.41, 5.74) is 0. The molecular weight excluding hydrogens is 757 g/mol. The van der Waals surface area contributed by atoms with E-state index in [2.05, 4.69) is 69.4 Å². The van der Waals surface area contributed by atoms with Crippen LogP contribution in [0, 0.1) is 0 Å². The molecule has 0 heterocycles. The Kier molecular flexibility index (Phi) is 47.9. The van der Waals surface area contributed by atoms with Gasteiger partial charge in [-0.25, -0.2) is 0 Å². The maximum Gasteiger partial charge on any atom is 0.306 e. The molecule has 0 rings (SSSR count). The Balaban J connectivity index is 4.40. The first-order valence-electron chi connectivity index (χ1n) is 26.1. The maximum absolute atomic E-state index is 12.8. The summed E-state index contributed by atoms with van der Waals surface area (Å²) in [7, 11) is 0. The van der Waals surface area contributed by atoms with Crippen molar-refractivity contribution in [3.05, 3.63) is 48.6 Å². The lowest BCUT2D eigenvalue weighted by Crippen LogP contribution is -2.30. The van der Waals surface area contributed by atoms with Crippen LogP contribution in [0.15, 0.2) is 48.6 Å². The molecule has 0 amide bonds. The van der Waals surface area contributed by atoms with Crippen LogP contribution in [0.1, 0.15) is 265 Å². The lowest BCUT2D eigenvalue weighted by Gasteiger charge is -2.18. The molecule has 0 saturated carbocycles. The first-order chi connectivity index (χ1) is 30.0. The van der Waals surface area contributed by atoms with Gasteiger partial charge in [-0.15, -0.1) is 0 Å². The first kappa shape index (κ1) is 58.4. The van der Waals surface area contributed by atoms with Crippen LogP contribution in [-0.4, -0.2) is 37.2 Å². The van der Waals surface area contributed by atoms with E-state index >= 15 is 0 Å². The Hall–Kier alpha value is -2.63. The summed E-state index contributed by atoms with van der Waals surface area (Å²) in [5, 5.41) is 0. The van der Waals surface area contributed by atoms with E-state index in [1.807, 2.05) is 0 Å². The molecule has 6 nitrogen and oxygen atoms in total. The lowest BCUT2D eigenvalue weighted by molar-refractivity contribution is -0.167. The smallest absolute Gasteiger partial charge is 0.306 e. The van der Waals surface area contributed by atoms with Crippen molar-refractivity contribution in [3.63, 3.8) is 0 Å². The van der Waals surface area contributed by atoms with Gasteiger partial charge in [-0.1, -0.05) is 217 Å². The fraction of sp³-hybridized carbons (Fsp3) is 0.800. The normalized spacial score (nSPS) is 12.4. The third kappa shape index (κ3) is 48.3. The Bertz CT molecular complexity index is 1070. The predicted octanol–water partition coefficient (Wildman–Crippen LogP) is 17.1. The molecule has 0 fully saturated rings. The van der Waals surface area contributed by atoms with Crippen molar-refractivity contribution in [2.75, 3.05) is 13.2 Å². The number of allylic oxidation sites excluding steroid dienone is 8. The monoisotopic (exact) mass is 855 g/mol. The van der Waals surface area contributed by atoms with E-state index in [0.29, 0.717) is 19.3 Å². The van der Waals surface area contributed by atoms with E-state index in [4.69, 9.17) is 14.2 Å². The van der Waals surface area contributed by atoms with Gasteiger partial charge in [-0.05, 0) is 77.0 Å². The second kappa shape index (κ2) is 50.0. The van der Waals surface area contributed by atoms with Gasteiger partial charge in [0.25, 0.3) is 0 Å². The van der Waals surface area contributed by atoms with Crippen molar-refractivity contribution in [2.24, 2.45) is 0 Å². The molecule has 0 aromatic heterocycles. The first-order valence-corrected chi connectivity index (χ1v) is 26.1. The average molecular weight is 855 g/mol. The highest BCUT2D eigenvalue weighted by Crippen LogP contribution is 2.15. The fourth-order valence-electron chi connectivity index (χ4n) is 7.39. The third-order valence-electron chi connectivity index (χ3n) is 11.3. The highest BCUT2D eigenvalue weighted by molar-refractivity contribution is 5.71. The van der Waals surface area contributed by atoms with Crippen LogP contribution in [0.25, 0.3) is 0 Å².